The van der Waals surface area contributed by atoms with Crippen LogP contribution in [-0.2, 0) is 36.6 Å². The monoisotopic (exact) mass is 1060 g/mol. The van der Waals surface area contributed by atoms with Crippen LogP contribution in [0.5, 0.6) is 0 Å². The third-order valence-electron chi connectivity index (χ3n) is 14.3. The number of nitrogens with zero attached hydrogens (tertiary/aromatic N) is 5. The molecule has 19 nitrogen and oxygen atoms in total. The predicted octanol–water partition coefficient (Wildman–Crippen LogP) is 4.15. The van der Waals surface area contributed by atoms with E-state index in [0.29, 0.717) is 62.3 Å². The van der Waals surface area contributed by atoms with Gasteiger partial charge in [-0.15, -0.1) is 0 Å². The van der Waals surface area contributed by atoms with E-state index in [1.807, 2.05) is 11.9 Å². The molecule has 3 aromatic carbocycles. The third kappa shape index (κ3) is 13.1. The number of carbonyl (C=O) groups is 6. The number of piperazine rings is 2. The first-order valence-corrected chi connectivity index (χ1v) is 25.3. The summed E-state index contributed by atoms with van der Waals surface area (Å²) >= 11 is 0. The largest absolute Gasteiger partial charge is 0.417 e. The minimum atomic E-state index is -4.97. The zero-order valence-corrected chi connectivity index (χ0v) is 42.5. The van der Waals surface area contributed by atoms with E-state index in [4.69, 9.17) is 9.47 Å². The molecule has 0 aliphatic carbocycles. The highest BCUT2D eigenvalue weighted by atomic mass is 19.4. The molecule has 4 aliphatic heterocycles. The molecule has 3 atom stereocenters. The first-order valence-electron chi connectivity index (χ1n) is 25.3. The number of anilines is 3. The number of aromatic amines is 1. The van der Waals surface area contributed by atoms with E-state index >= 15 is 4.39 Å². The Morgan fingerprint density at radius 1 is 0.803 bits per heavy atom. The van der Waals surface area contributed by atoms with Gasteiger partial charge in [-0.3, -0.25) is 58.5 Å². The van der Waals surface area contributed by atoms with Gasteiger partial charge in [-0.05, 0) is 74.8 Å². The molecule has 3 saturated heterocycles. The van der Waals surface area contributed by atoms with Crippen LogP contribution in [0.1, 0.15) is 75.3 Å². The first kappa shape index (κ1) is 55.2. The Morgan fingerprint density at radius 2 is 1.53 bits per heavy atom. The number of hydrogen-bond acceptors (Lipinski definition) is 14. The number of likely N-dealkylation sites (N-methyl/N-ethyl adjacent to an activating group) is 1. The van der Waals surface area contributed by atoms with Gasteiger partial charge < -0.3 is 35.3 Å². The summed E-state index contributed by atoms with van der Waals surface area (Å²) in [6.45, 7) is 11.1. The van der Waals surface area contributed by atoms with Gasteiger partial charge >= 0.3 is 6.18 Å². The SMILES string of the molecule is C[C@@H]1CN(c2ccc(-c3cc(CN4CCN(CCNC(=O)CCOCCOCCNc5cccc6c5C(=O)N(C5CCC(=O)NC5=O)C6=O)CC4)ccc3F)cc2NC(=O)c2c[nH]c(=O)cc2C(F)(F)F)C[C@H](C)N1C. The summed E-state index contributed by atoms with van der Waals surface area (Å²) in [4.78, 5) is 100. The zero-order valence-electron chi connectivity index (χ0n) is 42.5. The number of carbonyl (C=O) groups excluding carboxylic acids is 6. The zero-order chi connectivity index (χ0) is 54.3. The predicted molar refractivity (Wildman–Crippen MR) is 273 cm³/mol. The Morgan fingerprint density at radius 3 is 2.25 bits per heavy atom. The average Bonchev–Trinajstić information content (AvgIpc) is 3.66. The van der Waals surface area contributed by atoms with E-state index in [9.17, 15) is 46.7 Å². The van der Waals surface area contributed by atoms with Crippen molar-refractivity contribution in [2.45, 2.75) is 64.0 Å². The van der Waals surface area contributed by atoms with Gasteiger partial charge in [0.15, 0.2) is 0 Å². The van der Waals surface area contributed by atoms with Gasteiger partial charge in [-0.2, -0.15) is 13.2 Å². The van der Waals surface area contributed by atoms with E-state index in [-0.39, 0.29) is 86.1 Å². The Kier molecular flexibility index (Phi) is 17.6. The van der Waals surface area contributed by atoms with Crippen molar-refractivity contribution in [2.75, 3.05) is 108 Å². The van der Waals surface area contributed by atoms with Crippen molar-refractivity contribution in [1.82, 2.24) is 35.2 Å². The smallest absolute Gasteiger partial charge is 0.382 e. The summed E-state index contributed by atoms with van der Waals surface area (Å²) in [5, 5.41) is 10.9. The Bertz CT molecular complexity index is 2880. The Balaban J connectivity index is 0.749. The van der Waals surface area contributed by atoms with Crippen LogP contribution in [0.15, 0.2) is 71.7 Å². The van der Waals surface area contributed by atoms with Crippen molar-refractivity contribution in [1.29, 1.82) is 0 Å². The van der Waals surface area contributed by atoms with E-state index in [1.54, 1.807) is 42.5 Å². The molecular formula is C53H62F4N10O9. The van der Waals surface area contributed by atoms with Crippen molar-refractivity contribution >= 4 is 52.5 Å². The van der Waals surface area contributed by atoms with Gasteiger partial charge in [0.25, 0.3) is 17.7 Å². The number of amides is 6. The summed E-state index contributed by atoms with van der Waals surface area (Å²) in [7, 11) is 2.01. The molecule has 1 aromatic heterocycles. The van der Waals surface area contributed by atoms with Crippen molar-refractivity contribution in [2.24, 2.45) is 0 Å². The molecule has 0 saturated carbocycles. The number of nitrogens with one attached hydrogen (secondary N) is 5. The van der Waals surface area contributed by atoms with Crippen LogP contribution < -0.4 is 31.7 Å². The van der Waals surface area contributed by atoms with Gasteiger partial charge in [-0.1, -0.05) is 18.2 Å². The minimum absolute atomic E-state index is 0.0311. The van der Waals surface area contributed by atoms with Gasteiger partial charge in [0.2, 0.25) is 23.3 Å². The second-order valence-electron chi connectivity index (χ2n) is 19.4. The molecule has 4 aliphatic rings. The van der Waals surface area contributed by atoms with Crippen molar-refractivity contribution in [3.05, 3.63) is 111 Å². The van der Waals surface area contributed by atoms with E-state index in [1.165, 1.54) is 12.1 Å². The lowest BCUT2D eigenvalue weighted by Gasteiger charge is -2.44. The second-order valence-corrected chi connectivity index (χ2v) is 19.4. The van der Waals surface area contributed by atoms with Gasteiger partial charge in [0.05, 0.1) is 60.1 Å². The number of imide groups is 2. The number of benzene rings is 3. The summed E-state index contributed by atoms with van der Waals surface area (Å²) in [5.41, 5.74) is -0.0878. The first-order chi connectivity index (χ1) is 36.4. The molecule has 5 heterocycles. The fraction of sp³-hybridized carbons (Fsp3) is 0.453. The average molecular weight is 1060 g/mol. The normalized spacial score (nSPS) is 19.7. The lowest BCUT2D eigenvalue weighted by atomic mass is 9.99. The molecule has 8 rings (SSSR count). The Labute approximate surface area is 436 Å². The van der Waals surface area contributed by atoms with Crippen LogP contribution in [-0.4, -0.2) is 171 Å². The fourth-order valence-corrected chi connectivity index (χ4v) is 9.93. The molecule has 3 fully saturated rings. The topological polar surface area (TPSA) is 218 Å². The molecule has 4 aromatic rings. The van der Waals surface area contributed by atoms with Crippen LogP contribution in [0.2, 0.25) is 0 Å². The van der Waals surface area contributed by atoms with Crippen LogP contribution in [0.25, 0.3) is 11.1 Å². The number of alkyl halides is 3. The highest BCUT2D eigenvalue weighted by Crippen LogP contribution is 2.37. The fourth-order valence-electron chi connectivity index (χ4n) is 9.93. The number of H-pyrrole nitrogens is 1. The highest BCUT2D eigenvalue weighted by molar-refractivity contribution is 6.25. The quantitative estimate of drug-likeness (QED) is 0.0478. The second kappa shape index (κ2) is 24.3. The molecule has 6 amide bonds. The summed E-state index contributed by atoms with van der Waals surface area (Å²) in [6.07, 6.45) is -3.95. The van der Waals surface area contributed by atoms with Crippen LogP contribution in [0.3, 0.4) is 0 Å². The molecule has 1 unspecified atom stereocenters. The van der Waals surface area contributed by atoms with Gasteiger partial charge in [-0.25, -0.2) is 4.39 Å². The number of ether oxygens (including phenoxy) is 2. The molecular weight excluding hydrogens is 997 g/mol. The molecule has 0 bridgehead atoms. The van der Waals surface area contributed by atoms with Crippen LogP contribution in [0, 0.1) is 5.82 Å². The van der Waals surface area contributed by atoms with E-state index < -0.39 is 64.3 Å². The standard InChI is InChI=1S/C53H62F4N10O9/c1-32-29-66(30-33(2)63(32)3)43-10-8-35(26-42(43)61-49(71)38-28-60-47(70)27-39(38)53(55,56)57)37-25-34(7-9-40(37)54)31-65-19-17-64(18-20-65)16-14-59-45(68)13-21-75-23-24-76-22-15-58-41-6-4-5-36-48(41)52(74)67(51(36)73)44-11-12-46(69)62-50(44)72/h4-10,25-28,32-33,44,58H,11-24,29-31H2,1-3H3,(H,59,68)(H,60,70)(H,61,71)(H,62,69,72)/t32-,33+,44?. The maximum atomic E-state index is 15.7. The van der Waals surface area contributed by atoms with Crippen molar-refractivity contribution in [3.8, 4) is 11.1 Å². The van der Waals surface area contributed by atoms with Crippen molar-refractivity contribution < 1.29 is 55.8 Å². The summed E-state index contributed by atoms with van der Waals surface area (Å²) in [6, 6.07) is 14.2. The number of piperidine rings is 1. The number of pyridine rings is 1. The molecule has 76 heavy (non-hydrogen) atoms. The molecule has 406 valence electrons. The van der Waals surface area contributed by atoms with Crippen LogP contribution in [0.4, 0.5) is 34.6 Å². The molecule has 0 spiro atoms. The Hall–Kier alpha value is -7.05. The summed E-state index contributed by atoms with van der Waals surface area (Å²) < 4.78 is 68.9. The minimum Gasteiger partial charge on any atom is -0.382 e. The van der Waals surface area contributed by atoms with Crippen LogP contribution >= 0.6 is 0 Å². The maximum absolute atomic E-state index is 15.7. The third-order valence-corrected chi connectivity index (χ3v) is 14.3. The highest BCUT2D eigenvalue weighted by Gasteiger charge is 2.46. The summed E-state index contributed by atoms with van der Waals surface area (Å²) in [5.74, 6) is -4.05. The lowest BCUT2D eigenvalue weighted by Crippen LogP contribution is -2.55. The number of aromatic nitrogens is 1. The van der Waals surface area contributed by atoms with E-state index in [2.05, 4.69) is 54.8 Å². The molecule has 0 radical (unpaired) electrons. The maximum Gasteiger partial charge on any atom is 0.417 e. The number of hydrogen-bond donors (Lipinski definition) is 5. The lowest BCUT2D eigenvalue weighted by molar-refractivity contribution is -0.138. The molecule has 5 N–H and O–H groups in total. The number of fused-ring (bicyclic) bond motifs is 1. The van der Waals surface area contributed by atoms with Gasteiger partial charge in [0.1, 0.15) is 11.9 Å². The number of rotatable bonds is 20. The number of halogens is 4. The van der Waals surface area contributed by atoms with Gasteiger partial charge in [0, 0.05) is 114 Å². The van der Waals surface area contributed by atoms with Crippen molar-refractivity contribution in [3.63, 3.8) is 0 Å². The molecule has 23 heteroatoms. The van der Waals surface area contributed by atoms with E-state index in [0.717, 1.165) is 42.8 Å².